The Morgan fingerprint density at radius 3 is 2.59 bits per heavy atom. The third kappa shape index (κ3) is 3.01. The Bertz CT molecular complexity index is 615. The van der Waals surface area contributed by atoms with Gasteiger partial charge in [0, 0.05) is 50.0 Å². The Kier molecular flexibility index (Phi) is 4.44. The topological polar surface area (TPSA) is 67.1 Å². The molecular formula is C15H23N5OS. The zero-order valence-corrected chi connectivity index (χ0v) is 14.1. The molecule has 3 rings (SSSR count). The van der Waals surface area contributed by atoms with Gasteiger partial charge in [-0.1, -0.05) is 13.8 Å². The molecule has 0 aromatic carbocycles. The molecule has 1 unspecified atom stereocenters. The first-order valence-corrected chi connectivity index (χ1v) is 8.57. The van der Waals surface area contributed by atoms with E-state index in [1.165, 1.54) is 11.5 Å². The number of aromatic nitrogens is 4. The van der Waals surface area contributed by atoms with E-state index >= 15 is 0 Å². The summed E-state index contributed by atoms with van der Waals surface area (Å²) in [6.45, 7) is 6.06. The number of aryl methyl sites for hydroxylation is 1. The number of aliphatic hydroxyl groups is 1. The lowest BCUT2D eigenvalue weighted by molar-refractivity contribution is 0.0825. The highest BCUT2D eigenvalue weighted by Crippen LogP contribution is 2.32. The fourth-order valence-corrected chi connectivity index (χ4v) is 3.73. The molecule has 0 radical (unpaired) electrons. The molecule has 0 bridgehead atoms. The van der Waals surface area contributed by atoms with Gasteiger partial charge in [0.05, 0.1) is 0 Å². The minimum atomic E-state index is -0.484. The summed E-state index contributed by atoms with van der Waals surface area (Å²) in [5, 5.41) is 11.5. The van der Waals surface area contributed by atoms with E-state index in [9.17, 15) is 5.11 Å². The number of hydrogen-bond acceptors (Lipinski definition) is 6. The standard InChI is InChI=1S/C15H23N5OS/c1-10(2)13-17-15(22-18-13)20-7-4-11(5-8-20)12(21)14-16-6-9-19(14)3/h6,9-12,21H,4-5,7-8H2,1-3H3. The van der Waals surface area contributed by atoms with Gasteiger partial charge >= 0.3 is 0 Å². The van der Waals surface area contributed by atoms with E-state index in [-0.39, 0.29) is 5.92 Å². The van der Waals surface area contributed by atoms with Crippen LogP contribution in [0.15, 0.2) is 12.4 Å². The van der Waals surface area contributed by atoms with Crippen LogP contribution in [-0.2, 0) is 7.05 Å². The lowest BCUT2D eigenvalue weighted by Gasteiger charge is -2.33. The third-order valence-electron chi connectivity index (χ3n) is 4.33. The van der Waals surface area contributed by atoms with E-state index in [0.29, 0.717) is 5.92 Å². The highest BCUT2D eigenvalue weighted by molar-refractivity contribution is 7.09. The van der Waals surface area contributed by atoms with Crippen molar-refractivity contribution in [2.24, 2.45) is 13.0 Å². The summed E-state index contributed by atoms with van der Waals surface area (Å²) in [4.78, 5) is 11.2. The number of piperidine rings is 1. The number of hydrogen-bond donors (Lipinski definition) is 1. The molecular weight excluding hydrogens is 298 g/mol. The smallest absolute Gasteiger partial charge is 0.205 e. The molecule has 1 atom stereocenters. The molecule has 6 nitrogen and oxygen atoms in total. The summed E-state index contributed by atoms with van der Waals surface area (Å²) in [5.74, 6) is 2.31. The van der Waals surface area contributed by atoms with E-state index in [4.69, 9.17) is 0 Å². The molecule has 1 aliphatic heterocycles. The van der Waals surface area contributed by atoms with Gasteiger partial charge in [0.2, 0.25) is 5.13 Å². The second kappa shape index (κ2) is 6.34. The molecule has 0 saturated carbocycles. The van der Waals surface area contributed by atoms with Crippen LogP contribution in [0.1, 0.15) is 50.4 Å². The number of anilines is 1. The van der Waals surface area contributed by atoms with Gasteiger partial charge in [0.25, 0.3) is 0 Å². The molecule has 2 aromatic heterocycles. The van der Waals surface area contributed by atoms with Crippen LogP contribution in [0, 0.1) is 5.92 Å². The van der Waals surface area contributed by atoms with E-state index < -0.39 is 6.10 Å². The van der Waals surface area contributed by atoms with E-state index in [1.54, 1.807) is 6.20 Å². The second-order valence-corrected chi connectivity index (χ2v) is 6.99. The predicted octanol–water partition coefficient (Wildman–Crippen LogP) is 2.35. The molecule has 0 spiro atoms. The van der Waals surface area contributed by atoms with Crippen molar-refractivity contribution in [2.45, 2.75) is 38.7 Å². The number of rotatable bonds is 4. The van der Waals surface area contributed by atoms with Crippen LogP contribution in [0.4, 0.5) is 5.13 Å². The molecule has 22 heavy (non-hydrogen) atoms. The zero-order valence-electron chi connectivity index (χ0n) is 13.3. The zero-order chi connectivity index (χ0) is 15.7. The van der Waals surface area contributed by atoms with Crippen LogP contribution in [0.5, 0.6) is 0 Å². The van der Waals surface area contributed by atoms with Gasteiger partial charge in [0.15, 0.2) is 0 Å². The van der Waals surface area contributed by atoms with Gasteiger partial charge in [-0.25, -0.2) is 9.97 Å². The van der Waals surface area contributed by atoms with E-state index in [0.717, 1.165) is 42.7 Å². The van der Waals surface area contributed by atoms with Crippen molar-refractivity contribution in [1.29, 1.82) is 0 Å². The summed E-state index contributed by atoms with van der Waals surface area (Å²) >= 11 is 1.48. The molecule has 2 aromatic rings. The van der Waals surface area contributed by atoms with Gasteiger partial charge in [-0.3, -0.25) is 0 Å². The first-order chi connectivity index (χ1) is 10.6. The average molecular weight is 321 g/mol. The van der Waals surface area contributed by atoms with E-state index in [2.05, 4.69) is 33.1 Å². The Balaban J connectivity index is 1.61. The van der Waals surface area contributed by atoms with Gasteiger partial charge in [-0.15, -0.1) is 0 Å². The summed E-state index contributed by atoms with van der Waals surface area (Å²) in [5.41, 5.74) is 0. The predicted molar refractivity (Wildman–Crippen MR) is 87.1 cm³/mol. The van der Waals surface area contributed by atoms with Gasteiger partial charge in [-0.2, -0.15) is 4.37 Å². The summed E-state index contributed by atoms with van der Waals surface area (Å²) in [6, 6.07) is 0. The number of imidazole rings is 1. The monoisotopic (exact) mass is 321 g/mol. The molecule has 1 fully saturated rings. The maximum absolute atomic E-state index is 10.5. The Hall–Kier alpha value is -1.47. The fourth-order valence-electron chi connectivity index (χ4n) is 2.87. The minimum absolute atomic E-state index is 0.259. The third-order valence-corrected chi connectivity index (χ3v) is 5.12. The summed E-state index contributed by atoms with van der Waals surface area (Å²) < 4.78 is 6.32. The Morgan fingerprint density at radius 2 is 2.05 bits per heavy atom. The molecule has 3 heterocycles. The average Bonchev–Trinajstić information content (AvgIpc) is 3.15. The molecule has 0 aliphatic carbocycles. The van der Waals surface area contributed by atoms with Gasteiger partial charge in [-0.05, 0) is 18.8 Å². The lowest BCUT2D eigenvalue weighted by Crippen LogP contribution is -2.36. The van der Waals surface area contributed by atoms with Crippen LogP contribution in [0.2, 0.25) is 0 Å². The second-order valence-electron chi connectivity index (χ2n) is 6.26. The highest BCUT2D eigenvalue weighted by Gasteiger charge is 2.29. The molecule has 0 amide bonds. The molecule has 1 N–H and O–H groups in total. The quantitative estimate of drug-likeness (QED) is 0.936. The minimum Gasteiger partial charge on any atom is -0.385 e. The normalized spacial score (nSPS) is 18.1. The first kappa shape index (κ1) is 15.4. The van der Waals surface area contributed by atoms with Crippen molar-refractivity contribution in [3.05, 3.63) is 24.0 Å². The van der Waals surface area contributed by atoms with Crippen LogP contribution in [-0.4, -0.2) is 37.1 Å². The summed E-state index contributed by atoms with van der Waals surface area (Å²) in [7, 11) is 1.93. The van der Waals surface area contributed by atoms with Crippen molar-refractivity contribution in [2.75, 3.05) is 18.0 Å². The van der Waals surface area contributed by atoms with Gasteiger partial charge < -0.3 is 14.6 Å². The Labute approximate surface area is 135 Å². The van der Waals surface area contributed by atoms with Crippen molar-refractivity contribution >= 4 is 16.7 Å². The fraction of sp³-hybridized carbons (Fsp3) is 0.667. The maximum atomic E-state index is 10.5. The van der Waals surface area contributed by atoms with Crippen LogP contribution in [0.25, 0.3) is 0 Å². The van der Waals surface area contributed by atoms with Crippen LogP contribution in [0.3, 0.4) is 0 Å². The van der Waals surface area contributed by atoms with Crippen molar-refractivity contribution < 1.29 is 5.11 Å². The van der Waals surface area contributed by atoms with E-state index in [1.807, 2.05) is 17.8 Å². The SMILES string of the molecule is CC(C)c1nsc(N2CCC(C(O)c3nccn3C)CC2)n1. The summed E-state index contributed by atoms with van der Waals surface area (Å²) in [6.07, 6.45) is 5.03. The van der Waals surface area contributed by atoms with Gasteiger partial charge in [0.1, 0.15) is 17.8 Å². The highest BCUT2D eigenvalue weighted by atomic mass is 32.1. The Morgan fingerprint density at radius 1 is 1.32 bits per heavy atom. The molecule has 120 valence electrons. The molecule has 7 heteroatoms. The maximum Gasteiger partial charge on any atom is 0.205 e. The van der Waals surface area contributed by atoms with Crippen LogP contribution >= 0.6 is 11.5 Å². The van der Waals surface area contributed by atoms with Crippen LogP contribution < -0.4 is 4.90 Å². The number of nitrogens with zero attached hydrogens (tertiary/aromatic N) is 5. The van der Waals surface area contributed by atoms with Crippen molar-refractivity contribution in [3.8, 4) is 0 Å². The number of aliphatic hydroxyl groups excluding tert-OH is 1. The van der Waals surface area contributed by atoms with Crippen molar-refractivity contribution in [1.82, 2.24) is 18.9 Å². The largest absolute Gasteiger partial charge is 0.385 e. The first-order valence-electron chi connectivity index (χ1n) is 7.80. The van der Waals surface area contributed by atoms with Crippen molar-refractivity contribution in [3.63, 3.8) is 0 Å². The lowest BCUT2D eigenvalue weighted by atomic mass is 9.91. The molecule has 1 aliphatic rings. The molecule has 1 saturated heterocycles.